The molecule has 184 valence electrons. The van der Waals surface area contributed by atoms with Gasteiger partial charge in [-0.1, -0.05) is 45.4 Å². The Morgan fingerprint density at radius 1 is 1.00 bits per heavy atom. The van der Waals surface area contributed by atoms with E-state index < -0.39 is 5.41 Å². The lowest BCUT2D eigenvalue weighted by molar-refractivity contribution is -0.180. The number of ketones is 1. The molecule has 0 aromatic heterocycles. The van der Waals surface area contributed by atoms with Crippen LogP contribution in [0.25, 0.3) is 0 Å². The fraction of sp³-hybridized carbons (Fsp3) is 0.667. The molecule has 3 fully saturated rings. The Morgan fingerprint density at radius 2 is 1.68 bits per heavy atom. The summed E-state index contributed by atoms with van der Waals surface area (Å²) in [6, 6.07) is 0. The van der Waals surface area contributed by atoms with Crippen molar-refractivity contribution in [1.29, 1.82) is 0 Å². The second-order valence-corrected chi connectivity index (χ2v) is 13.1. The highest BCUT2D eigenvalue weighted by Gasteiger charge is 2.67. The number of hydrogen-bond acceptors (Lipinski definition) is 4. The molecule has 34 heavy (non-hydrogen) atoms. The fourth-order valence-electron chi connectivity index (χ4n) is 8.89. The van der Waals surface area contributed by atoms with Gasteiger partial charge >= 0.3 is 5.97 Å². The minimum absolute atomic E-state index is 0.0262. The predicted molar refractivity (Wildman–Crippen MR) is 133 cm³/mol. The Bertz CT molecular complexity index is 1120. The van der Waals surface area contributed by atoms with E-state index in [9.17, 15) is 14.7 Å². The van der Waals surface area contributed by atoms with Crippen molar-refractivity contribution in [2.45, 2.75) is 86.5 Å². The van der Waals surface area contributed by atoms with Crippen LogP contribution in [0.1, 0.15) is 86.5 Å². The molecule has 0 aromatic rings. The molecule has 6 atom stereocenters. The van der Waals surface area contributed by atoms with Crippen molar-refractivity contribution in [2.24, 2.45) is 33.0 Å². The van der Waals surface area contributed by atoms with Crippen molar-refractivity contribution in [3.05, 3.63) is 46.3 Å². The van der Waals surface area contributed by atoms with Crippen LogP contribution in [-0.2, 0) is 14.3 Å². The van der Waals surface area contributed by atoms with Crippen LogP contribution >= 0.6 is 0 Å². The number of carbonyl (C=O) groups is 2. The Kier molecular flexibility index (Phi) is 4.85. The summed E-state index contributed by atoms with van der Waals surface area (Å²) in [5, 5.41) is 10.3. The molecule has 0 radical (unpaired) electrons. The first-order valence-corrected chi connectivity index (χ1v) is 12.9. The fourth-order valence-corrected chi connectivity index (χ4v) is 8.89. The summed E-state index contributed by atoms with van der Waals surface area (Å²) in [4.78, 5) is 25.5. The molecule has 0 spiro atoms. The minimum atomic E-state index is -0.424. The van der Waals surface area contributed by atoms with Gasteiger partial charge in [-0.15, -0.1) is 0 Å². The maximum Gasteiger partial charge on any atom is 0.311 e. The number of fused-ring (bicyclic) bond motifs is 7. The third-order valence-electron chi connectivity index (χ3n) is 11.6. The zero-order chi connectivity index (χ0) is 24.9. The topological polar surface area (TPSA) is 63.6 Å². The molecule has 0 heterocycles. The molecule has 4 nitrogen and oxygen atoms in total. The van der Waals surface area contributed by atoms with Crippen molar-refractivity contribution in [3.8, 4) is 0 Å². The SMILES string of the molecule is COC(=O)[C@]1(C)CC[C@]2(C)CCC3(C)C4=CC=C5C(=CC(=O)C(O)=C5C)[C@]4(C)CC[C@@]3(C)[C@@H]2C1. The largest absolute Gasteiger partial charge is 0.504 e. The van der Waals surface area contributed by atoms with Crippen molar-refractivity contribution in [3.63, 3.8) is 0 Å². The van der Waals surface area contributed by atoms with Crippen LogP contribution < -0.4 is 0 Å². The number of carbonyl (C=O) groups excluding carboxylic acids is 2. The van der Waals surface area contributed by atoms with Gasteiger partial charge < -0.3 is 9.84 Å². The summed E-state index contributed by atoms with van der Waals surface area (Å²) in [5.41, 5.74) is 3.82. The van der Waals surface area contributed by atoms with Crippen LogP contribution in [0.2, 0.25) is 0 Å². The van der Waals surface area contributed by atoms with E-state index in [0.717, 1.165) is 56.1 Å². The van der Waals surface area contributed by atoms with E-state index >= 15 is 0 Å². The van der Waals surface area contributed by atoms with Gasteiger partial charge in [-0.3, -0.25) is 9.59 Å². The quantitative estimate of drug-likeness (QED) is 0.434. The maximum absolute atomic E-state index is 12.8. The first-order valence-electron chi connectivity index (χ1n) is 12.9. The number of aliphatic hydroxyl groups is 1. The molecular weight excluding hydrogens is 424 g/mol. The second kappa shape index (κ2) is 6.98. The van der Waals surface area contributed by atoms with Crippen LogP contribution in [0, 0.1) is 33.0 Å². The molecule has 5 aliphatic rings. The normalized spacial score (nSPS) is 45.7. The summed E-state index contributed by atoms with van der Waals surface area (Å²) in [7, 11) is 1.52. The first-order chi connectivity index (χ1) is 15.8. The molecular formula is C30H40O4. The van der Waals surface area contributed by atoms with Crippen LogP contribution in [0.15, 0.2) is 46.3 Å². The van der Waals surface area contributed by atoms with Gasteiger partial charge in [0.25, 0.3) is 0 Å². The highest BCUT2D eigenvalue weighted by molar-refractivity contribution is 6.06. The molecule has 0 saturated heterocycles. The van der Waals surface area contributed by atoms with E-state index in [-0.39, 0.29) is 39.2 Å². The van der Waals surface area contributed by atoms with E-state index in [2.05, 4.69) is 46.8 Å². The summed E-state index contributed by atoms with van der Waals surface area (Å²) in [5.74, 6) is -0.0356. The molecule has 1 N–H and O–H groups in total. The second-order valence-electron chi connectivity index (χ2n) is 13.1. The number of esters is 1. The number of aliphatic hydroxyl groups excluding tert-OH is 1. The minimum Gasteiger partial charge on any atom is -0.504 e. The molecule has 4 heteroatoms. The Hall–Kier alpha value is -2.10. The van der Waals surface area contributed by atoms with Crippen LogP contribution in [0.3, 0.4) is 0 Å². The van der Waals surface area contributed by atoms with Crippen molar-refractivity contribution in [1.82, 2.24) is 0 Å². The van der Waals surface area contributed by atoms with Gasteiger partial charge in [0, 0.05) is 11.0 Å². The van der Waals surface area contributed by atoms with E-state index in [1.807, 2.05) is 6.92 Å². The molecule has 1 unspecified atom stereocenters. The zero-order valence-corrected chi connectivity index (χ0v) is 21.9. The average Bonchev–Trinajstić information content (AvgIpc) is 2.80. The van der Waals surface area contributed by atoms with Crippen LogP contribution in [0.4, 0.5) is 0 Å². The summed E-state index contributed by atoms with van der Waals surface area (Å²) in [6.07, 6.45) is 13.3. The molecule has 0 aliphatic heterocycles. The van der Waals surface area contributed by atoms with Gasteiger partial charge in [0.2, 0.25) is 5.78 Å². The molecule has 0 amide bonds. The average molecular weight is 465 g/mol. The summed E-state index contributed by atoms with van der Waals surface area (Å²) in [6.45, 7) is 13.7. The van der Waals surface area contributed by atoms with Gasteiger partial charge in [0.1, 0.15) is 0 Å². The van der Waals surface area contributed by atoms with Crippen LogP contribution in [-0.4, -0.2) is 24.0 Å². The summed E-state index contributed by atoms with van der Waals surface area (Å²) >= 11 is 0. The molecule has 0 aromatic carbocycles. The van der Waals surface area contributed by atoms with Crippen molar-refractivity contribution < 1.29 is 19.4 Å². The number of ether oxygens (including phenoxy) is 1. The first kappa shape index (κ1) is 23.6. The lowest BCUT2D eigenvalue weighted by Crippen LogP contribution is -2.62. The van der Waals surface area contributed by atoms with Crippen molar-refractivity contribution >= 4 is 11.8 Å². The van der Waals surface area contributed by atoms with Gasteiger partial charge in [0.05, 0.1) is 12.5 Å². The highest BCUT2D eigenvalue weighted by Crippen LogP contribution is 2.75. The van der Waals surface area contributed by atoms with E-state index in [0.29, 0.717) is 11.5 Å². The van der Waals surface area contributed by atoms with Gasteiger partial charge in [0.15, 0.2) is 5.76 Å². The molecule has 0 bridgehead atoms. The Morgan fingerprint density at radius 3 is 2.35 bits per heavy atom. The maximum atomic E-state index is 12.8. The van der Waals surface area contributed by atoms with E-state index in [1.165, 1.54) is 12.7 Å². The number of hydrogen-bond donors (Lipinski definition) is 1. The standard InChI is InChI=1S/C30H40O4/c1-18-19-8-9-22-28(4,20(19)16-21(31)24(18)32)13-15-30(6)23-17-27(3,25(33)34-7)11-10-26(23,2)12-14-29(22,30)5/h8-9,16,23,32H,10-15,17H2,1-7H3/t23-,26-,27-,28+,29?,30+/m1/s1. The third-order valence-corrected chi connectivity index (χ3v) is 11.6. The predicted octanol–water partition coefficient (Wildman–Crippen LogP) is 6.79. The number of rotatable bonds is 1. The zero-order valence-electron chi connectivity index (χ0n) is 21.9. The molecule has 5 aliphatic carbocycles. The Labute approximate surface area is 204 Å². The smallest absolute Gasteiger partial charge is 0.311 e. The van der Waals surface area contributed by atoms with E-state index in [1.54, 1.807) is 6.08 Å². The van der Waals surface area contributed by atoms with Gasteiger partial charge in [-0.2, -0.15) is 0 Å². The monoisotopic (exact) mass is 464 g/mol. The van der Waals surface area contributed by atoms with Crippen LogP contribution in [0.5, 0.6) is 0 Å². The van der Waals surface area contributed by atoms with Gasteiger partial charge in [-0.05, 0) is 98.2 Å². The van der Waals surface area contributed by atoms with Crippen molar-refractivity contribution in [2.75, 3.05) is 7.11 Å². The number of allylic oxidation sites excluding steroid dienone is 7. The lowest BCUT2D eigenvalue weighted by Gasteiger charge is -2.70. The van der Waals surface area contributed by atoms with E-state index in [4.69, 9.17) is 4.74 Å². The Balaban J connectivity index is 1.63. The highest BCUT2D eigenvalue weighted by atomic mass is 16.5. The number of methoxy groups -OCH3 is 1. The molecule has 3 saturated carbocycles. The third kappa shape index (κ3) is 2.72. The van der Waals surface area contributed by atoms with Gasteiger partial charge in [-0.25, -0.2) is 0 Å². The lowest BCUT2D eigenvalue weighted by atomic mass is 9.34. The summed E-state index contributed by atoms with van der Waals surface area (Å²) < 4.78 is 5.27. The molecule has 5 rings (SSSR count).